The molecular weight excluding hydrogens is 596 g/mol. The summed E-state index contributed by atoms with van der Waals surface area (Å²) in [4.78, 5) is 45.3. The number of hydrogen-bond acceptors (Lipinski definition) is 9. The molecule has 3 aromatic heterocycles. The Bertz CT molecular complexity index is 1690. The number of unbranched alkanes of at least 4 members (excludes halogenated alkanes) is 3. The standard InChI is InChI=1S/C32H39F2N9O3/c1-20(2)43-21(3)37-30-24(33)16-23(17-26(30)43)29-25(34)19-36-32(39-29)38-27-10-9-22(18-35-27)31(45)42-14-12-41(13-15-42)11-7-5-4-6-8-28(44)40-46/h9-10,16-20,46H,4-8,11-15H2,1-3H3,(H,40,44)(H,35,36,38,39). The third-order valence-corrected chi connectivity index (χ3v) is 8.12. The Kier molecular flexibility index (Phi) is 10.5. The number of pyridine rings is 1. The number of amides is 2. The number of aryl methyl sites for hydroxylation is 1. The van der Waals surface area contributed by atoms with E-state index in [4.69, 9.17) is 5.21 Å². The number of fused-ring (bicyclic) bond motifs is 1. The number of piperazine rings is 1. The van der Waals surface area contributed by atoms with Gasteiger partial charge in [0.15, 0.2) is 11.6 Å². The van der Waals surface area contributed by atoms with Gasteiger partial charge < -0.3 is 14.8 Å². The van der Waals surface area contributed by atoms with Gasteiger partial charge in [-0.1, -0.05) is 12.8 Å². The molecule has 0 radical (unpaired) electrons. The maximum Gasteiger partial charge on any atom is 0.255 e. The van der Waals surface area contributed by atoms with Gasteiger partial charge in [-0.25, -0.2) is 34.2 Å². The zero-order valence-corrected chi connectivity index (χ0v) is 26.3. The average molecular weight is 636 g/mol. The number of carbonyl (C=O) groups excluding carboxylic acids is 2. The van der Waals surface area contributed by atoms with Crippen LogP contribution in [0.5, 0.6) is 0 Å². The Morgan fingerprint density at radius 3 is 2.41 bits per heavy atom. The summed E-state index contributed by atoms with van der Waals surface area (Å²) in [6.45, 7) is 9.48. The molecular formula is C32H39F2N9O3. The number of aromatic nitrogens is 5. The lowest BCUT2D eigenvalue weighted by molar-refractivity contribution is -0.129. The predicted molar refractivity (Wildman–Crippen MR) is 169 cm³/mol. The summed E-state index contributed by atoms with van der Waals surface area (Å²) < 4.78 is 31.8. The highest BCUT2D eigenvalue weighted by molar-refractivity contribution is 5.94. The molecule has 3 N–H and O–H groups in total. The fourth-order valence-electron chi connectivity index (χ4n) is 5.78. The van der Waals surface area contributed by atoms with Crippen LogP contribution in [0.4, 0.5) is 20.5 Å². The molecule has 0 saturated carbocycles. The zero-order valence-electron chi connectivity index (χ0n) is 26.3. The van der Waals surface area contributed by atoms with Crippen LogP contribution >= 0.6 is 0 Å². The Morgan fingerprint density at radius 2 is 1.72 bits per heavy atom. The predicted octanol–water partition coefficient (Wildman–Crippen LogP) is 5.01. The molecule has 1 aliphatic heterocycles. The average Bonchev–Trinajstić information content (AvgIpc) is 3.40. The van der Waals surface area contributed by atoms with Crippen LogP contribution in [0.2, 0.25) is 0 Å². The summed E-state index contributed by atoms with van der Waals surface area (Å²) in [6.07, 6.45) is 6.54. The van der Waals surface area contributed by atoms with Gasteiger partial charge in [0, 0.05) is 50.4 Å². The highest BCUT2D eigenvalue weighted by Crippen LogP contribution is 2.30. The third-order valence-electron chi connectivity index (χ3n) is 8.12. The van der Waals surface area contributed by atoms with Crippen LogP contribution in [-0.2, 0) is 4.79 Å². The zero-order chi connectivity index (χ0) is 32.8. The number of hydrogen-bond donors (Lipinski definition) is 3. The van der Waals surface area contributed by atoms with Gasteiger partial charge >= 0.3 is 0 Å². The van der Waals surface area contributed by atoms with E-state index in [0.717, 1.165) is 51.5 Å². The molecule has 4 heterocycles. The summed E-state index contributed by atoms with van der Waals surface area (Å²) >= 11 is 0. The lowest BCUT2D eigenvalue weighted by Crippen LogP contribution is -2.48. The van der Waals surface area contributed by atoms with Crippen LogP contribution < -0.4 is 10.8 Å². The minimum absolute atomic E-state index is 0.0282. The first kappa shape index (κ1) is 32.8. The number of anilines is 2. The molecule has 14 heteroatoms. The van der Waals surface area contributed by atoms with E-state index in [9.17, 15) is 14.0 Å². The van der Waals surface area contributed by atoms with Crippen LogP contribution in [0.25, 0.3) is 22.3 Å². The van der Waals surface area contributed by atoms with E-state index in [1.807, 2.05) is 23.3 Å². The Labute approximate surface area is 265 Å². The molecule has 2 amide bonds. The first-order chi connectivity index (χ1) is 22.1. The highest BCUT2D eigenvalue weighted by atomic mass is 19.1. The molecule has 46 heavy (non-hydrogen) atoms. The maximum atomic E-state index is 15.0. The summed E-state index contributed by atoms with van der Waals surface area (Å²) in [5.74, 6) is -0.619. The monoisotopic (exact) mass is 635 g/mol. The summed E-state index contributed by atoms with van der Waals surface area (Å²) in [7, 11) is 0. The minimum Gasteiger partial charge on any atom is -0.336 e. The van der Waals surface area contributed by atoms with Crippen molar-refractivity contribution in [2.24, 2.45) is 0 Å². The molecule has 1 fully saturated rings. The molecule has 12 nitrogen and oxygen atoms in total. The molecule has 0 bridgehead atoms. The van der Waals surface area contributed by atoms with Gasteiger partial charge in [0.1, 0.15) is 22.9 Å². The molecule has 1 aliphatic rings. The van der Waals surface area contributed by atoms with Crippen LogP contribution in [0.1, 0.15) is 68.2 Å². The molecule has 244 valence electrons. The molecule has 0 spiro atoms. The van der Waals surface area contributed by atoms with Crippen molar-refractivity contribution in [1.29, 1.82) is 0 Å². The van der Waals surface area contributed by atoms with Gasteiger partial charge in [0.2, 0.25) is 11.9 Å². The number of nitrogens with one attached hydrogen (secondary N) is 2. The van der Waals surface area contributed by atoms with Gasteiger partial charge in [0.25, 0.3) is 5.91 Å². The smallest absolute Gasteiger partial charge is 0.255 e. The molecule has 0 unspecified atom stereocenters. The fraction of sp³-hybridized carbons (Fsp3) is 0.438. The van der Waals surface area contributed by atoms with Crippen LogP contribution in [0, 0.1) is 18.6 Å². The lowest BCUT2D eigenvalue weighted by atomic mass is 10.1. The topological polar surface area (TPSA) is 141 Å². The number of nitrogens with zero attached hydrogens (tertiary/aromatic N) is 7. The van der Waals surface area contributed by atoms with Crippen LogP contribution in [0.3, 0.4) is 0 Å². The third kappa shape index (κ3) is 7.62. The van der Waals surface area contributed by atoms with E-state index in [0.29, 0.717) is 42.2 Å². The Morgan fingerprint density at radius 1 is 0.957 bits per heavy atom. The van der Waals surface area contributed by atoms with E-state index in [-0.39, 0.29) is 40.6 Å². The van der Waals surface area contributed by atoms with Gasteiger partial charge in [-0.15, -0.1) is 0 Å². The molecule has 5 rings (SSSR count). The molecule has 1 aromatic carbocycles. The second-order valence-corrected chi connectivity index (χ2v) is 11.7. The van der Waals surface area contributed by atoms with Crippen molar-refractivity contribution < 1.29 is 23.6 Å². The fourth-order valence-corrected chi connectivity index (χ4v) is 5.78. The number of benzene rings is 1. The molecule has 0 aliphatic carbocycles. The maximum absolute atomic E-state index is 15.0. The summed E-state index contributed by atoms with van der Waals surface area (Å²) in [5.41, 5.74) is 3.07. The number of imidazole rings is 1. The van der Waals surface area contributed by atoms with E-state index in [2.05, 4.69) is 30.2 Å². The van der Waals surface area contributed by atoms with Crippen molar-refractivity contribution >= 4 is 34.6 Å². The van der Waals surface area contributed by atoms with Crippen molar-refractivity contribution in [2.75, 3.05) is 38.0 Å². The van der Waals surface area contributed by atoms with E-state index >= 15 is 4.39 Å². The van der Waals surface area contributed by atoms with Crippen molar-refractivity contribution in [2.45, 2.75) is 58.9 Å². The van der Waals surface area contributed by atoms with Crippen molar-refractivity contribution in [1.82, 2.24) is 39.8 Å². The van der Waals surface area contributed by atoms with Gasteiger partial charge in [-0.3, -0.25) is 19.7 Å². The minimum atomic E-state index is -0.699. The van der Waals surface area contributed by atoms with E-state index in [1.54, 1.807) is 30.6 Å². The SMILES string of the molecule is Cc1nc2c(F)cc(-c3nc(Nc4ccc(C(=O)N5CCN(CCCCCCC(=O)NO)CC5)cn4)ncc3F)cc2n1C(C)C. The number of hydroxylamine groups is 1. The normalized spacial score (nSPS) is 13.8. The first-order valence-electron chi connectivity index (χ1n) is 15.5. The van der Waals surface area contributed by atoms with Crippen molar-refractivity contribution in [3.63, 3.8) is 0 Å². The molecule has 1 saturated heterocycles. The van der Waals surface area contributed by atoms with Crippen LogP contribution in [-0.4, -0.2) is 84.0 Å². The molecule has 4 aromatic rings. The summed E-state index contributed by atoms with van der Waals surface area (Å²) in [5, 5.41) is 11.5. The molecule has 0 atom stereocenters. The van der Waals surface area contributed by atoms with Gasteiger partial charge in [0.05, 0.1) is 17.3 Å². The Balaban J connectivity index is 1.17. The van der Waals surface area contributed by atoms with Crippen molar-refractivity contribution in [3.05, 3.63) is 59.7 Å². The van der Waals surface area contributed by atoms with E-state index in [1.165, 1.54) is 12.3 Å². The van der Waals surface area contributed by atoms with Gasteiger partial charge in [-0.2, -0.15) is 0 Å². The van der Waals surface area contributed by atoms with Crippen molar-refractivity contribution in [3.8, 4) is 11.3 Å². The lowest BCUT2D eigenvalue weighted by Gasteiger charge is -2.34. The Hall–Kier alpha value is -4.56. The quantitative estimate of drug-likeness (QED) is 0.111. The first-order valence-corrected chi connectivity index (χ1v) is 15.5. The largest absolute Gasteiger partial charge is 0.336 e. The van der Waals surface area contributed by atoms with E-state index < -0.39 is 11.6 Å². The van der Waals surface area contributed by atoms with Gasteiger partial charge in [-0.05, 0) is 64.4 Å². The number of halogens is 2. The number of rotatable bonds is 12. The van der Waals surface area contributed by atoms with Crippen LogP contribution in [0.15, 0.2) is 36.7 Å². The summed E-state index contributed by atoms with van der Waals surface area (Å²) in [6, 6.07) is 6.23. The second kappa shape index (κ2) is 14.7. The second-order valence-electron chi connectivity index (χ2n) is 11.7. The highest BCUT2D eigenvalue weighted by Gasteiger charge is 2.23. The number of carbonyl (C=O) groups is 2.